The first-order valence-corrected chi connectivity index (χ1v) is 6.54. The molecule has 94 valence electrons. The highest BCUT2D eigenvalue weighted by atomic mass is 16.5. The molecule has 1 fully saturated rings. The van der Waals surface area contributed by atoms with Crippen molar-refractivity contribution in [3.8, 4) is 5.88 Å². The molecule has 0 saturated heterocycles. The van der Waals surface area contributed by atoms with E-state index < -0.39 is 0 Å². The third kappa shape index (κ3) is 3.35. The molecule has 1 aliphatic carbocycles. The third-order valence-electron chi connectivity index (χ3n) is 3.49. The smallest absolute Gasteiger partial charge is 0.237 e. The van der Waals surface area contributed by atoms with Crippen LogP contribution in [0.4, 0.5) is 5.69 Å². The highest BCUT2D eigenvalue weighted by molar-refractivity contribution is 5.53. The van der Waals surface area contributed by atoms with Crippen LogP contribution in [0.25, 0.3) is 0 Å². The normalized spacial score (nSPS) is 16.8. The topological polar surface area (TPSA) is 34.1 Å². The first-order chi connectivity index (χ1) is 8.29. The van der Waals surface area contributed by atoms with Crippen molar-refractivity contribution in [2.75, 3.05) is 19.0 Å². The van der Waals surface area contributed by atoms with Gasteiger partial charge in [-0.25, -0.2) is 4.98 Å². The SMILES string of the molecule is COc1ncc(C)cc1NCC1CCCCC1. The molecule has 0 aromatic carbocycles. The Morgan fingerprint density at radius 2 is 2.12 bits per heavy atom. The van der Waals surface area contributed by atoms with Crippen LogP contribution in [0, 0.1) is 12.8 Å². The van der Waals surface area contributed by atoms with Gasteiger partial charge < -0.3 is 10.1 Å². The number of rotatable bonds is 4. The Morgan fingerprint density at radius 1 is 1.35 bits per heavy atom. The van der Waals surface area contributed by atoms with Crippen molar-refractivity contribution in [3.63, 3.8) is 0 Å². The van der Waals surface area contributed by atoms with Crippen LogP contribution in [0.1, 0.15) is 37.7 Å². The monoisotopic (exact) mass is 234 g/mol. The van der Waals surface area contributed by atoms with Crippen LogP contribution < -0.4 is 10.1 Å². The second kappa shape index (κ2) is 5.89. The summed E-state index contributed by atoms with van der Waals surface area (Å²) in [6.07, 6.45) is 8.73. The van der Waals surface area contributed by atoms with E-state index in [2.05, 4.69) is 23.3 Å². The van der Waals surface area contributed by atoms with Crippen LogP contribution in [-0.2, 0) is 0 Å². The molecule has 0 spiro atoms. The maximum absolute atomic E-state index is 5.27. The van der Waals surface area contributed by atoms with Crippen LogP contribution >= 0.6 is 0 Å². The van der Waals surface area contributed by atoms with E-state index in [1.165, 1.54) is 32.1 Å². The van der Waals surface area contributed by atoms with Crippen molar-refractivity contribution in [1.29, 1.82) is 0 Å². The van der Waals surface area contributed by atoms with Crippen molar-refractivity contribution < 1.29 is 4.74 Å². The van der Waals surface area contributed by atoms with E-state index in [1.807, 2.05) is 6.20 Å². The van der Waals surface area contributed by atoms with Gasteiger partial charge in [0.25, 0.3) is 0 Å². The fourth-order valence-corrected chi connectivity index (χ4v) is 2.49. The molecule has 0 atom stereocenters. The Morgan fingerprint density at radius 3 is 2.82 bits per heavy atom. The lowest BCUT2D eigenvalue weighted by Crippen LogP contribution is -2.17. The largest absolute Gasteiger partial charge is 0.480 e. The van der Waals surface area contributed by atoms with Gasteiger partial charge >= 0.3 is 0 Å². The van der Waals surface area contributed by atoms with Gasteiger partial charge in [-0.1, -0.05) is 19.3 Å². The molecule has 1 heterocycles. The number of hydrogen-bond donors (Lipinski definition) is 1. The molecule has 0 radical (unpaired) electrons. The molecule has 0 aliphatic heterocycles. The van der Waals surface area contributed by atoms with Gasteiger partial charge in [-0.15, -0.1) is 0 Å². The van der Waals surface area contributed by atoms with Crippen molar-refractivity contribution in [1.82, 2.24) is 4.98 Å². The predicted molar refractivity (Wildman–Crippen MR) is 70.6 cm³/mol. The van der Waals surface area contributed by atoms with Gasteiger partial charge in [0.1, 0.15) is 0 Å². The van der Waals surface area contributed by atoms with E-state index in [4.69, 9.17) is 4.74 Å². The van der Waals surface area contributed by atoms with Gasteiger partial charge in [-0.05, 0) is 37.3 Å². The number of aryl methyl sites for hydroxylation is 1. The van der Waals surface area contributed by atoms with Gasteiger partial charge in [-0.2, -0.15) is 0 Å². The number of nitrogens with one attached hydrogen (secondary N) is 1. The standard InChI is InChI=1S/C14H22N2O/c1-11-8-13(14(17-2)16-9-11)15-10-12-6-4-3-5-7-12/h8-9,12,15H,3-7,10H2,1-2H3. The van der Waals surface area contributed by atoms with Crippen molar-refractivity contribution in [2.45, 2.75) is 39.0 Å². The summed E-state index contributed by atoms with van der Waals surface area (Å²) in [6, 6.07) is 2.11. The zero-order valence-corrected chi connectivity index (χ0v) is 10.8. The molecule has 0 amide bonds. The summed E-state index contributed by atoms with van der Waals surface area (Å²) in [5.74, 6) is 1.51. The highest BCUT2D eigenvalue weighted by Crippen LogP contribution is 2.26. The molecule has 1 N–H and O–H groups in total. The molecule has 17 heavy (non-hydrogen) atoms. The second-order valence-corrected chi connectivity index (χ2v) is 4.95. The number of pyridine rings is 1. The quantitative estimate of drug-likeness (QED) is 0.867. The first kappa shape index (κ1) is 12.2. The van der Waals surface area contributed by atoms with Gasteiger partial charge in [-0.3, -0.25) is 0 Å². The Bertz CT molecular complexity index is 359. The van der Waals surface area contributed by atoms with E-state index in [-0.39, 0.29) is 0 Å². The summed E-state index contributed by atoms with van der Waals surface area (Å²) in [5, 5.41) is 3.49. The number of methoxy groups -OCH3 is 1. The summed E-state index contributed by atoms with van der Waals surface area (Å²) in [6.45, 7) is 3.10. The molecule has 1 saturated carbocycles. The number of anilines is 1. The Labute approximate surface area is 104 Å². The molecule has 1 aromatic heterocycles. The zero-order chi connectivity index (χ0) is 12.1. The molecular formula is C14H22N2O. The minimum atomic E-state index is 0.700. The Kier molecular flexibility index (Phi) is 4.24. The minimum absolute atomic E-state index is 0.700. The van der Waals surface area contributed by atoms with Crippen LogP contribution in [0.2, 0.25) is 0 Å². The van der Waals surface area contributed by atoms with Crippen LogP contribution in [-0.4, -0.2) is 18.6 Å². The average Bonchev–Trinajstić information content (AvgIpc) is 2.38. The van der Waals surface area contributed by atoms with Gasteiger partial charge in [0.2, 0.25) is 5.88 Å². The zero-order valence-electron chi connectivity index (χ0n) is 10.8. The summed E-state index contributed by atoms with van der Waals surface area (Å²) in [7, 11) is 1.67. The highest BCUT2D eigenvalue weighted by Gasteiger charge is 2.14. The second-order valence-electron chi connectivity index (χ2n) is 4.95. The van der Waals surface area contributed by atoms with E-state index in [0.29, 0.717) is 5.88 Å². The lowest BCUT2D eigenvalue weighted by Gasteiger charge is -2.22. The average molecular weight is 234 g/mol. The van der Waals surface area contributed by atoms with E-state index in [1.54, 1.807) is 7.11 Å². The predicted octanol–water partition coefficient (Wildman–Crippen LogP) is 3.39. The molecular weight excluding hydrogens is 212 g/mol. The molecule has 0 bridgehead atoms. The van der Waals surface area contributed by atoms with E-state index >= 15 is 0 Å². The fourth-order valence-electron chi connectivity index (χ4n) is 2.49. The van der Waals surface area contributed by atoms with Crippen LogP contribution in [0.3, 0.4) is 0 Å². The lowest BCUT2D eigenvalue weighted by molar-refractivity contribution is 0.371. The van der Waals surface area contributed by atoms with Gasteiger partial charge in [0.15, 0.2) is 0 Å². The number of hydrogen-bond acceptors (Lipinski definition) is 3. The van der Waals surface area contributed by atoms with Gasteiger partial charge in [0.05, 0.1) is 12.8 Å². The molecule has 1 aromatic rings. The summed E-state index contributed by atoms with van der Waals surface area (Å²) >= 11 is 0. The van der Waals surface area contributed by atoms with Crippen molar-refractivity contribution >= 4 is 5.69 Å². The van der Waals surface area contributed by atoms with Crippen molar-refractivity contribution in [3.05, 3.63) is 17.8 Å². The number of ether oxygens (including phenoxy) is 1. The summed E-state index contributed by atoms with van der Waals surface area (Å²) in [5.41, 5.74) is 2.19. The molecule has 3 nitrogen and oxygen atoms in total. The summed E-state index contributed by atoms with van der Waals surface area (Å²) < 4.78 is 5.27. The minimum Gasteiger partial charge on any atom is -0.480 e. The number of aromatic nitrogens is 1. The van der Waals surface area contributed by atoms with Crippen LogP contribution in [0.15, 0.2) is 12.3 Å². The number of nitrogens with zero attached hydrogens (tertiary/aromatic N) is 1. The van der Waals surface area contributed by atoms with E-state index in [0.717, 1.165) is 23.7 Å². The van der Waals surface area contributed by atoms with E-state index in [9.17, 15) is 0 Å². The Hall–Kier alpha value is -1.25. The van der Waals surface area contributed by atoms with Crippen LogP contribution in [0.5, 0.6) is 5.88 Å². The summed E-state index contributed by atoms with van der Waals surface area (Å²) in [4.78, 5) is 4.28. The fraction of sp³-hybridized carbons (Fsp3) is 0.643. The molecule has 0 unspecified atom stereocenters. The first-order valence-electron chi connectivity index (χ1n) is 6.54. The third-order valence-corrected chi connectivity index (χ3v) is 3.49. The molecule has 2 rings (SSSR count). The Balaban J connectivity index is 1.95. The molecule has 3 heteroatoms. The maximum atomic E-state index is 5.27. The van der Waals surface area contributed by atoms with Gasteiger partial charge in [0, 0.05) is 12.7 Å². The van der Waals surface area contributed by atoms with Crippen molar-refractivity contribution in [2.24, 2.45) is 5.92 Å². The molecule has 1 aliphatic rings. The maximum Gasteiger partial charge on any atom is 0.237 e. The lowest BCUT2D eigenvalue weighted by atomic mass is 9.89.